The van der Waals surface area contributed by atoms with E-state index in [1.54, 1.807) is 36.4 Å². The summed E-state index contributed by atoms with van der Waals surface area (Å²) in [5, 5.41) is 0. The van der Waals surface area contributed by atoms with E-state index >= 15 is 0 Å². The van der Waals surface area contributed by atoms with Crippen LogP contribution in [0.4, 0.5) is 0 Å². The zero-order chi connectivity index (χ0) is 25.4. The van der Waals surface area contributed by atoms with Crippen molar-refractivity contribution >= 4 is 22.7 Å². The fraction of sp³-hybridized carbons (Fsp3) is 0.156. The van der Waals surface area contributed by atoms with Gasteiger partial charge in [0.25, 0.3) is 5.91 Å². The van der Waals surface area contributed by atoms with Crippen molar-refractivity contribution in [3.8, 4) is 11.1 Å². The van der Waals surface area contributed by atoms with E-state index in [1.165, 1.54) is 11.1 Å². The summed E-state index contributed by atoms with van der Waals surface area (Å²) < 4.78 is 0. The number of aryl methyl sites for hydroxylation is 2. The van der Waals surface area contributed by atoms with Crippen LogP contribution >= 0.6 is 0 Å². The fourth-order valence-corrected chi connectivity index (χ4v) is 5.13. The summed E-state index contributed by atoms with van der Waals surface area (Å²) in [6.45, 7) is 3.23. The smallest absolute Gasteiger partial charge is 0.254 e. The molecule has 182 valence electrons. The van der Waals surface area contributed by atoms with Crippen LogP contribution in [0.15, 0.2) is 91.0 Å². The van der Waals surface area contributed by atoms with Gasteiger partial charge in [-0.2, -0.15) is 0 Å². The van der Waals surface area contributed by atoms with Gasteiger partial charge in [-0.3, -0.25) is 9.59 Å². The van der Waals surface area contributed by atoms with Gasteiger partial charge in [0.05, 0.1) is 11.0 Å². The van der Waals surface area contributed by atoms with Gasteiger partial charge in [0.2, 0.25) is 0 Å². The normalized spacial score (nSPS) is 13.3. The molecule has 0 saturated heterocycles. The standard InChI is InChI=1S/C32H27N3O2/c1-21-33-29-16-15-27(19-30(29)34-21)26-14-9-22-8-5-17-35(20-28(22)18-26)32(37)25-12-10-24(11-13-25)31(36)23-6-3-2-4-7-23/h2-4,6-7,9-16,18-19H,5,8,17,20H2,1H3,(H,33,34). The van der Waals surface area contributed by atoms with Crippen LogP contribution in [0, 0.1) is 6.92 Å². The number of aromatic nitrogens is 2. The van der Waals surface area contributed by atoms with Crippen molar-refractivity contribution in [1.82, 2.24) is 14.9 Å². The minimum atomic E-state index is -0.0423. The Morgan fingerprint density at radius 3 is 2.30 bits per heavy atom. The highest BCUT2D eigenvalue weighted by atomic mass is 16.2. The summed E-state index contributed by atoms with van der Waals surface area (Å²) in [6.07, 6.45) is 1.87. The predicted octanol–water partition coefficient (Wildman–Crippen LogP) is 6.36. The SMILES string of the molecule is Cc1nc2ccc(-c3ccc4c(c3)CN(C(=O)c3ccc(C(=O)c5ccccc5)cc3)CCC4)cc2[nH]1. The minimum absolute atomic E-state index is 0.00804. The van der Waals surface area contributed by atoms with Gasteiger partial charge in [-0.05, 0) is 72.4 Å². The Bertz CT molecular complexity index is 1620. The third-order valence-corrected chi connectivity index (χ3v) is 7.09. The molecule has 0 radical (unpaired) electrons. The van der Waals surface area contributed by atoms with Crippen LogP contribution in [0.1, 0.15) is 49.7 Å². The molecule has 0 spiro atoms. The van der Waals surface area contributed by atoms with Gasteiger partial charge in [-0.1, -0.05) is 60.7 Å². The summed E-state index contributed by atoms with van der Waals surface area (Å²) in [5.41, 5.74) is 8.54. The van der Waals surface area contributed by atoms with Gasteiger partial charge in [-0.15, -0.1) is 0 Å². The third kappa shape index (κ3) is 4.56. The van der Waals surface area contributed by atoms with Gasteiger partial charge in [0.15, 0.2) is 5.78 Å². The van der Waals surface area contributed by atoms with Gasteiger partial charge >= 0.3 is 0 Å². The topological polar surface area (TPSA) is 66.1 Å². The van der Waals surface area contributed by atoms with Crippen molar-refractivity contribution in [2.24, 2.45) is 0 Å². The average Bonchev–Trinajstić information content (AvgIpc) is 3.18. The lowest BCUT2D eigenvalue weighted by atomic mass is 9.97. The molecular formula is C32H27N3O2. The van der Waals surface area contributed by atoms with E-state index in [0.29, 0.717) is 29.8 Å². The van der Waals surface area contributed by atoms with Gasteiger partial charge in [-0.25, -0.2) is 4.98 Å². The Hall–Kier alpha value is -4.51. The van der Waals surface area contributed by atoms with E-state index in [1.807, 2.05) is 36.1 Å². The number of fused-ring (bicyclic) bond motifs is 2. The van der Waals surface area contributed by atoms with Crippen LogP contribution in [-0.2, 0) is 13.0 Å². The molecule has 0 unspecified atom stereocenters. The quantitative estimate of drug-likeness (QED) is 0.301. The zero-order valence-corrected chi connectivity index (χ0v) is 20.7. The van der Waals surface area contributed by atoms with Crippen LogP contribution < -0.4 is 0 Å². The maximum Gasteiger partial charge on any atom is 0.254 e. The number of hydrogen-bond acceptors (Lipinski definition) is 3. The highest BCUT2D eigenvalue weighted by Gasteiger charge is 2.21. The summed E-state index contributed by atoms with van der Waals surface area (Å²) in [6, 6.07) is 29.1. The number of aromatic amines is 1. The molecule has 1 N–H and O–H groups in total. The monoisotopic (exact) mass is 485 g/mol. The second kappa shape index (κ2) is 9.51. The number of ketones is 1. The van der Waals surface area contributed by atoms with Crippen molar-refractivity contribution < 1.29 is 9.59 Å². The van der Waals surface area contributed by atoms with E-state index in [2.05, 4.69) is 40.3 Å². The Labute approximate surface area is 215 Å². The number of H-pyrrole nitrogens is 1. The number of nitrogens with one attached hydrogen (secondary N) is 1. The lowest BCUT2D eigenvalue weighted by Gasteiger charge is -2.21. The summed E-state index contributed by atoms with van der Waals surface area (Å²) in [4.78, 5) is 35.9. The zero-order valence-electron chi connectivity index (χ0n) is 20.7. The maximum absolute atomic E-state index is 13.4. The largest absolute Gasteiger partial charge is 0.342 e. The summed E-state index contributed by atoms with van der Waals surface area (Å²) in [7, 11) is 0. The number of amides is 1. The first kappa shape index (κ1) is 22.9. The van der Waals surface area contributed by atoms with E-state index in [9.17, 15) is 9.59 Å². The molecule has 0 fully saturated rings. The van der Waals surface area contributed by atoms with Gasteiger partial charge in [0, 0.05) is 29.8 Å². The van der Waals surface area contributed by atoms with E-state index < -0.39 is 0 Å². The fourth-order valence-electron chi connectivity index (χ4n) is 5.13. The van der Waals surface area contributed by atoms with E-state index in [-0.39, 0.29) is 11.7 Å². The first-order chi connectivity index (χ1) is 18.0. The van der Waals surface area contributed by atoms with Crippen molar-refractivity contribution in [3.05, 3.63) is 125 Å². The molecule has 5 heteroatoms. The molecule has 1 aliphatic rings. The maximum atomic E-state index is 13.4. The number of benzene rings is 4. The molecular weight excluding hydrogens is 458 g/mol. The Balaban J connectivity index is 1.23. The van der Waals surface area contributed by atoms with Crippen LogP contribution in [0.5, 0.6) is 0 Å². The molecule has 1 aromatic heterocycles. The number of carbonyl (C=O) groups excluding carboxylic acids is 2. The first-order valence-electron chi connectivity index (χ1n) is 12.6. The van der Waals surface area contributed by atoms with Crippen molar-refractivity contribution in [2.75, 3.05) is 6.54 Å². The number of rotatable bonds is 4. The number of hydrogen-bond donors (Lipinski definition) is 1. The van der Waals surface area contributed by atoms with Crippen LogP contribution in [0.3, 0.4) is 0 Å². The number of nitrogens with zero attached hydrogens (tertiary/aromatic N) is 2. The Morgan fingerprint density at radius 2 is 1.49 bits per heavy atom. The predicted molar refractivity (Wildman–Crippen MR) is 146 cm³/mol. The van der Waals surface area contributed by atoms with Crippen LogP contribution in [-0.4, -0.2) is 33.1 Å². The number of imidazole rings is 1. The molecule has 6 rings (SSSR count). The molecule has 37 heavy (non-hydrogen) atoms. The van der Waals surface area contributed by atoms with Crippen molar-refractivity contribution in [3.63, 3.8) is 0 Å². The lowest BCUT2D eigenvalue weighted by molar-refractivity contribution is 0.0745. The summed E-state index contributed by atoms with van der Waals surface area (Å²) in [5.74, 6) is 0.853. The molecule has 5 aromatic rings. The highest BCUT2D eigenvalue weighted by Crippen LogP contribution is 2.29. The molecule has 0 atom stereocenters. The lowest BCUT2D eigenvalue weighted by Crippen LogP contribution is -2.30. The minimum Gasteiger partial charge on any atom is -0.342 e. The molecule has 5 nitrogen and oxygen atoms in total. The molecule has 0 saturated carbocycles. The molecule has 2 heterocycles. The molecule has 1 amide bonds. The van der Waals surface area contributed by atoms with Gasteiger partial charge < -0.3 is 9.88 Å². The second-order valence-corrected chi connectivity index (χ2v) is 9.64. The Morgan fingerprint density at radius 1 is 0.784 bits per heavy atom. The van der Waals surface area contributed by atoms with Gasteiger partial charge in [0.1, 0.15) is 5.82 Å². The molecule has 0 aliphatic carbocycles. The van der Waals surface area contributed by atoms with E-state index in [4.69, 9.17) is 0 Å². The summed E-state index contributed by atoms with van der Waals surface area (Å²) >= 11 is 0. The molecule has 4 aromatic carbocycles. The van der Waals surface area contributed by atoms with Crippen LogP contribution in [0.2, 0.25) is 0 Å². The Kier molecular flexibility index (Phi) is 5.89. The average molecular weight is 486 g/mol. The van der Waals surface area contributed by atoms with E-state index in [0.717, 1.165) is 40.8 Å². The van der Waals surface area contributed by atoms with Crippen molar-refractivity contribution in [1.29, 1.82) is 0 Å². The number of carbonyl (C=O) groups is 2. The van der Waals surface area contributed by atoms with Crippen LogP contribution in [0.25, 0.3) is 22.2 Å². The van der Waals surface area contributed by atoms with Crippen molar-refractivity contribution in [2.45, 2.75) is 26.3 Å². The highest BCUT2D eigenvalue weighted by molar-refractivity contribution is 6.09. The molecule has 1 aliphatic heterocycles. The first-order valence-corrected chi connectivity index (χ1v) is 12.6. The third-order valence-electron chi connectivity index (χ3n) is 7.09. The second-order valence-electron chi connectivity index (χ2n) is 9.64. The molecule has 0 bridgehead atoms.